The molecule has 2 aromatic heterocycles. The smallest absolute Gasteiger partial charge is 0.164 e. The summed E-state index contributed by atoms with van der Waals surface area (Å²) in [6, 6.07) is 12.0. The van der Waals surface area contributed by atoms with Crippen molar-refractivity contribution in [1.29, 1.82) is 0 Å². The van der Waals surface area contributed by atoms with Crippen LogP contribution in [0, 0.1) is 0 Å². The van der Waals surface area contributed by atoms with Crippen molar-refractivity contribution in [3.05, 3.63) is 54.6 Å². The van der Waals surface area contributed by atoms with E-state index in [4.69, 9.17) is 5.73 Å². The minimum atomic E-state index is 0.586. The predicted octanol–water partition coefficient (Wildman–Crippen LogP) is 1.90. The Kier molecular flexibility index (Phi) is 2.78. The number of aromatic nitrogens is 3. The van der Waals surface area contributed by atoms with E-state index in [0.717, 1.165) is 29.1 Å². The molecule has 3 aromatic rings. The molecule has 0 amide bonds. The SMILES string of the molecule is NCCc1nc(-c2ccccc2)c2ncccn12. The number of nitrogens with two attached hydrogens (primary N) is 1. The third-order valence-corrected chi connectivity index (χ3v) is 2.89. The maximum absolute atomic E-state index is 5.63. The molecule has 4 heteroatoms. The minimum Gasteiger partial charge on any atom is -0.330 e. The molecule has 0 fully saturated rings. The lowest BCUT2D eigenvalue weighted by Crippen LogP contribution is -2.06. The summed E-state index contributed by atoms with van der Waals surface area (Å²) in [5, 5.41) is 0. The summed E-state index contributed by atoms with van der Waals surface area (Å²) in [7, 11) is 0. The molecule has 0 bridgehead atoms. The molecule has 0 atom stereocenters. The van der Waals surface area contributed by atoms with Crippen LogP contribution in [0.2, 0.25) is 0 Å². The predicted molar refractivity (Wildman–Crippen MR) is 71.2 cm³/mol. The molecule has 0 spiro atoms. The molecule has 2 heterocycles. The number of rotatable bonds is 3. The summed E-state index contributed by atoms with van der Waals surface area (Å²) < 4.78 is 2.01. The molecule has 1 aromatic carbocycles. The van der Waals surface area contributed by atoms with Gasteiger partial charge in [0, 0.05) is 24.4 Å². The number of nitrogens with zero attached hydrogens (tertiary/aromatic N) is 3. The zero-order chi connectivity index (χ0) is 12.4. The highest BCUT2D eigenvalue weighted by atomic mass is 15.1. The van der Waals surface area contributed by atoms with Crippen molar-refractivity contribution >= 4 is 5.65 Å². The molecule has 0 saturated carbocycles. The molecule has 0 aliphatic rings. The first-order valence-electron chi connectivity index (χ1n) is 5.97. The number of fused-ring (bicyclic) bond motifs is 1. The highest BCUT2D eigenvalue weighted by Crippen LogP contribution is 2.23. The van der Waals surface area contributed by atoms with Crippen LogP contribution in [0.1, 0.15) is 5.82 Å². The summed E-state index contributed by atoms with van der Waals surface area (Å²) >= 11 is 0. The zero-order valence-corrected chi connectivity index (χ0v) is 9.95. The van der Waals surface area contributed by atoms with Crippen LogP contribution in [0.15, 0.2) is 48.8 Å². The lowest BCUT2D eigenvalue weighted by molar-refractivity contribution is 0.859. The monoisotopic (exact) mass is 238 g/mol. The maximum Gasteiger partial charge on any atom is 0.164 e. The van der Waals surface area contributed by atoms with E-state index in [-0.39, 0.29) is 0 Å². The van der Waals surface area contributed by atoms with Gasteiger partial charge in [0.15, 0.2) is 5.65 Å². The van der Waals surface area contributed by atoms with Crippen molar-refractivity contribution in [3.63, 3.8) is 0 Å². The van der Waals surface area contributed by atoms with Crippen molar-refractivity contribution in [3.8, 4) is 11.3 Å². The van der Waals surface area contributed by atoms with Crippen molar-refractivity contribution < 1.29 is 0 Å². The molecule has 3 rings (SSSR count). The summed E-state index contributed by atoms with van der Waals surface area (Å²) in [4.78, 5) is 9.09. The molecule has 2 N–H and O–H groups in total. The van der Waals surface area contributed by atoms with E-state index >= 15 is 0 Å². The van der Waals surface area contributed by atoms with Gasteiger partial charge in [-0.15, -0.1) is 0 Å². The molecule has 4 nitrogen and oxygen atoms in total. The molecule has 18 heavy (non-hydrogen) atoms. The Morgan fingerprint density at radius 2 is 1.94 bits per heavy atom. The van der Waals surface area contributed by atoms with Gasteiger partial charge in [-0.25, -0.2) is 9.97 Å². The Bertz CT molecular complexity index is 658. The largest absolute Gasteiger partial charge is 0.330 e. The van der Waals surface area contributed by atoms with Gasteiger partial charge in [0.05, 0.1) is 0 Å². The summed E-state index contributed by atoms with van der Waals surface area (Å²) in [6.07, 6.45) is 4.52. The van der Waals surface area contributed by atoms with Gasteiger partial charge in [-0.05, 0) is 12.6 Å². The van der Waals surface area contributed by atoms with Crippen LogP contribution < -0.4 is 5.73 Å². The van der Waals surface area contributed by atoms with E-state index in [1.54, 1.807) is 6.20 Å². The average molecular weight is 238 g/mol. The van der Waals surface area contributed by atoms with Gasteiger partial charge in [-0.3, -0.25) is 4.40 Å². The Hall–Kier alpha value is -2.20. The van der Waals surface area contributed by atoms with Gasteiger partial charge in [-0.1, -0.05) is 30.3 Å². The van der Waals surface area contributed by atoms with Crippen molar-refractivity contribution in [2.75, 3.05) is 6.54 Å². The van der Waals surface area contributed by atoms with Crippen molar-refractivity contribution in [2.45, 2.75) is 6.42 Å². The molecule has 90 valence electrons. The molecule has 0 saturated heterocycles. The van der Waals surface area contributed by atoms with Crippen LogP contribution in [-0.2, 0) is 6.42 Å². The summed E-state index contributed by atoms with van der Waals surface area (Å²) in [5.41, 5.74) is 8.50. The number of imidazole rings is 1. The standard InChI is InChI=1S/C14H14N4/c15-8-7-12-17-13(11-5-2-1-3-6-11)14-16-9-4-10-18(12)14/h1-6,9-10H,7-8,15H2. The Labute approximate surface area is 105 Å². The highest BCUT2D eigenvalue weighted by molar-refractivity contribution is 5.74. The van der Waals surface area contributed by atoms with Crippen LogP contribution in [0.4, 0.5) is 0 Å². The van der Waals surface area contributed by atoms with E-state index in [2.05, 4.69) is 9.97 Å². The van der Waals surface area contributed by atoms with E-state index < -0.39 is 0 Å². The number of benzene rings is 1. The first-order valence-corrected chi connectivity index (χ1v) is 5.97. The van der Waals surface area contributed by atoms with E-state index in [9.17, 15) is 0 Å². The average Bonchev–Trinajstić information content (AvgIpc) is 2.80. The van der Waals surface area contributed by atoms with Crippen LogP contribution >= 0.6 is 0 Å². The van der Waals surface area contributed by atoms with Crippen LogP contribution in [0.5, 0.6) is 0 Å². The van der Waals surface area contributed by atoms with E-state index in [1.165, 1.54) is 0 Å². The highest BCUT2D eigenvalue weighted by Gasteiger charge is 2.12. The van der Waals surface area contributed by atoms with Crippen molar-refractivity contribution in [2.24, 2.45) is 5.73 Å². The summed E-state index contributed by atoms with van der Waals surface area (Å²) in [5.74, 6) is 0.958. The third-order valence-electron chi connectivity index (χ3n) is 2.89. The van der Waals surface area contributed by atoms with Gasteiger partial charge < -0.3 is 5.73 Å². The van der Waals surface area contributed by atoms with Gasteiger partial charge in [0.25, 0.3) is 0 Å². The second-order valence-electron chi connectivity index (χ2n) is 4.09. The molecular formula is C14H14N4. The van der Waals surface area contributed by atoms with Crippen LogP contribution in [-0.4, -0.2) is 20.9 Å². The zero-order valence-electron chi connectivity index (χ0n) is 9.95. The minimum absolute atomic E-state index is 0.586. The van der Waals surface area contributed by atoms with Crippen LogP contribution in [0.3, 0.4) is 0 Å². The normalized spacial score (nSPS) is 10.9. The number of hydrogen-bond donors (Lipinski definition) is 1. The fourth-order valence-corrected chi connectivity index (χ4v) is 2.08. The summed E-state index contributed by atoms with van der Waals surface area (Å²) in [6.45, 7) is 0.586. The van der Waals surface area contributed by atoms with E-state index in [0.29, 0.717) is 6.54 Å². The Morgan fingerprint density at radius 1 is 1.11 bits per heavy atom. The fourth-order valence-electron chi connectivity index (χ4n) is 2.08. The van der Waals surface area contributed by atoms with Crippen molar-refractivity contribution in [1.82, 2.24) is 14.4 Å². The second-order valence-corrected chi connectivity index (χ2v) is 4.09. The molecular weight excluding hydrogens is 224 g/mol. The van der Waals surface area contributed by atoms with Gasteiger partial charge >= 0.3 is 0 Å². The lowest BCUT2D eigenvalue weighted by atomic mass is 10.2. The van der Waals surface area contributed by atoms with Crippen LogP contribution in [0.25, 0.3) is 16.9 Å². The first-order chi connectivity index (χ1) is 8.90. The van der Waals surface area contributed by atoms with Gasteiger partial charge in [0.1, 0.15) is 11.5 Å². The Morgan fingerprint density at radius 3 is 2.72 bits per heavy atom. The Balaban J connectivity index is 2.24. The molecule has 0 aliphatic heterocycles. The van der Waals surface area contributed by atoms with Gasteiger partial charge in [0.2, 0.25) is 0 Å². The third kappa shape index (κ3) is 1.76. The maximum atomic E-state index is 5.63. The fraction of sp³-hybridized carbons (Fsp3) is 0.143. The second kappa shape index (κ2) is 4.58. The number of hydrogen-bond acceptors (Lipinski definition) is 3. The molecule has 0 radical (unpaired) electrons. The van der Waals surface area contributed by atoms with E-state index in [1.807, 2.05) is 47.0 Å². The quantitative estimate of drug-likeness (QED) is 0.758. The molecule has 0 unspecified atom stereocenters. The topological polar surface area (TPSA) is 56.2 Å². The first kappa shape index (κ1) is 10.9. The van der Waals surface area contributed by atoms with Gasteiger partial charge in [-0.2, -0.15) is 0 Å². The molecule has 0 aliphatic carbocycles. The lowest BCUT2D eigenvalue weighted by Gasteiger charge is -1.97.